The van der Waals surface area contributed by atoms with E-state index in [9.17, 15) is 0 Å². The Morgan fingerprint density at radius 3 is 2.53 bits per heavy atom. The van der Waals surface area contributed by atoms with E-state index in [0.29, 0.717) is 5.69 Å². The summed E-state index contributed by atoms with van der Waals surface area (Å²) in [7, 11) is 0. The van der Waals surface area contributed by atoms with Crippen LogP contribution in [-0.2, 0) is 4.74 Å². The molecule has 0 saturated carbocycles. The molecule has 1 aromatic rings. The van der Waals surface area contributed by atoms with Gasteiger partial charge in [0.05, 0.1) is 12.2 Å². The predicted molar refractivity (Wildman–Crippen MR) is 63.7 cm³/mol. The van der Waals surface area contributed by atoms with Crippen LogP contribution in [0.4, 0.5) is 5.82 Å². The Balaban J connectivity index is 2.25. The summed E-state index contributed by atoms with van der Waals surface area (Å²) < 4.78 is 5.68. The summed E-state index contributed by atoms with van der Waals surface area (Å²) in [6, 6.07) is 3.77. The molecule has 0 bridgehead atoms. The van der Waals surface area contributed by atoms with Crippen molar-refractivity contribution in [3.05, 3.63) is 17.3 Å². The monoisotopic (exact) mass is 232 g/mol. The van der Waals surface area contributed by atoms with Crippen molar-refractivity contribution in [2.75, 3.05) is 18.0 Å². The topological polar surface area (TPSA) is 62.0 Å². The van der Waals surface area contributed by atoms with Crippen molar-refractivity contribution >= 4 is 5.82 Å². The molecule has 1 aromatic heterocycles. The molecule has 1 aliphatic heterocycles. The second-order valence-corrected chi connectivity index (χ2v) is 4.51. The third-order valence-electron chi connectivity index (χ3n) is 2.79. The number of nitrogens with zero attached hydrogens (tertiary/aromatic N) is 4. The summed E-state index contributed by atoms with van der Waals surface area (Å²) in [5, 5.41) is 16.8. The lowest BCUT2D eigenvalue weighted by Crippen LogP contribution is -2.46. The highest BCUT2D eigenvalue weighted by molar-refractivity contribution is 5.47. The fourth-order valence-corrected chi connectivity index (χ4v) is 2.20. The Kier molecular flexibility index (Phi) is 3.25. The van der Waals surface area contributed by atoms with E-state index in [-0.39, 0.29) is 12.2 Å². The normalized spacial score (nSPS) is 24.5. The van der Waals surface area contributed by atoms with E-state index < -0.39 is 0 Å². The summed E-state index contributed by atoms with van der Waals surface area (Å²) in [5.41, 5.74) is 1.35. The molecule has 90 valence electrons. The highest BCUT2D eigenvalue weighted by Crippen LogP contribution is 2.21. The molecule has 5 nitrogen and oxygen atoms in total. The van der Waals surface area contributed by atoms with Gasteiger partial charge in [0, 0.05) is 13.1 Å². The molecule has 0 aliphatic carbocycles. The van der Waals surface area contributed by atoms with Crippen molar-refractivity contribution in [2.45, 2.75) is 33.0 Å². The summed E-state index contributed by atoms with van der Waals surface area (Å²) in [4.78, 5) is 2.17. The maximum absolute atomic E-state index is 8.76. The standard InChI is InChI=1S/C12H16N4O/c1-8-4-11(5-13)14-15-12(8)16-6-9(2)17-10(3)7-16/h4,9-10H,6-7H2,1-3H3/t9-,10-/m1/s1. The second-order valence-electron chi connectivity index (χ2n) is 4.51. The average Bonchev–Trinajstić information content (AvgIpc) is 2.27. The van der Waals surface area contributed by atoms with Gasteiger partial charge in [-0.25, -0.2) is 0 Å². The molecule has 0 N–H and O–H groups in total. The number of aryl methyl sites for hydroxylation is 1. The van der Waals surface area contributed by atoms with Crippen molar-refractivity contribution in [3.63, 3.8) is 0 Å². The van der Waals surface area contributed by atoms with Crippen LogP contribution in [0.15, 0.2) is 6.07 Å². The van der Waals surface area contributed by atoms with Crippen LogP contribution in [0.5, 0.6) is 0 Å². The zero-order chi connectivity index (χ0) is 12.4. The van der Waals surface area contributed by atoms with Crippen LogP contribution in [0.2, 0.25) is 0 Å². The number of hydrogen-bond acceptors (Lipinski definition) is 5. The minimum Gasteiger partial charge on any atom is -0.372 e. The van der Waals surface area contributed by atoms with Gasteiger partial charge >= 0.3 is 0 Å². The molecule has 1 saturated heterocycles. The molecule has 2 rings (SSSR count). The van der Waals surface area contributed by atoms with E-state index in [2.05, 4.69) is 28.9 Å². The van der Waals surface area contributed by atoms with Crippen molar-refractivity contribution in [2.24, 2.45) is 0 Å². The highest BCUT2D eigenvalue weighted by Gasteiger charge is 2.24. The number of ether oxygens (including phenoxy) is 1. The van der Waals surface area contributed by atoms with Crippen LogP contribution in [0.1, 0.15) is 25.1 Å². The lowest BCUT2D eigenvalue weighted by atomic mass is 10.2. The highest BCUT2D eigenvalue weighted by atomic mass is 16.5. The van der Waals surface area contributed by atoms with E-state index >= 15 is 0 Å². The van der Waals surface area contributed by atoms with Crippen LogP contribution < -0.4 is 4.90 Å². The van der Waals surface area contributed by atoms with Crippen molar-refractivity contribution in [1.29, 1.82) is 5.26 Å². The number of nitriles is 1. The van der Waals surface area contributed by atoms with E-state index in [1.54, 1.807) is 6.07 Å². The van der Waals surface area contributed by atoms with E-state index in [0.717, 1.165) is 24.5 Å². The van der Waals surface area contributed by atoms with Crippen LogP contribution in [0, 0.1) is 18.3 Å². The summed E-state index contributed by atoms with van der Waals surface area (Å²) >= 11 is 0. The number of anilines is 1. The van der Waals surface area contributed by atoms with Crippen LogP contribution in [0.25, 0.3) is 0 Å². The van der Waals surface area contributed by atoms with Crippen LogP contribution >= 0.6 is 0 Å². The molecule has 1 aliphatic rings. The molecule has 0 spiro atoms. The zero-order valence-corrected chi connectivity index (χ0v) is 10.3. The third kappa shape index (κ3) is 2.53. The first kappa shape index (κ1) is 11.8. The second kappa shape index (κ2) is 4.68. The first-order valence-electron chi connectivity index (χ1n) is 5.75. The number of hydrogen-bond donors (Lipinski definition) is 0. The van der Waals surface area contributed by atoms with Crippen LogP contribution in [0.3, 0.4) is 0 Å². The molecule has 0 aromatic carbocycles. The van der Waals surface area contributed by atoms with E-state index in [4.69, 9.17) is 10.00 Å². The van der Waals surface area contributed by atoms with Crippen LogP contribution in [-0.4, -0.2) is 35.5 Å². The molecule has 0 unspecified atom stereocenters. The lowest BCUT2D eigenvalue weighted by molar-refractivity contribution is -0.00553. The predicted octanol–water partition coefficient (Wildman–Crippen LogP) is 1.27. The average molecular weight is 232 g/mol. The smallest absolute Gasteiger partial charge is 0.163 e. The Morgan fingerprint density at radius 2 is 2.00 bits per heavy atom. The van der Waals surface area contributed by atoms with Gasteiger partial charge in [-0.15, -0.1) is 10.2 Å². The maximum atomic E-state index is 8.76. The Morgan fingerprint density at radius 1 is 1.35 bits per heavy atom. The molecule has 2 atom stereocenters. The quantitative estimate of drug-likeness (QED) is 0.729. The number of morpholine rings is 1. The van der Waals surface area contributed by atoms with Gasteiger partial charge in [0.15, 0.2) is 11.5 Å². The van der Waals surface area contributed by atoms with Gasteiger partial charge in [-0.05, 0) is 32.4 Å². The molecule has 1 fully saturated rings. The first-order chi connectivity index (χ1) is 8.10. The Bertz CT molecular complexity index is 444. The van der Waals surface area contributed by atoms with Gasteiger partial charge < -0.3 is 9.64 Å². The maximum Gasteiger partial charge on any atom is 0.163 e. The SMILES string of the molecule is Cc1cc(C#N)nnc1N1C[C@@H](C)O[C@H](C)C1. The number of aromatic nitrogens is 2. The van der Waals surface area contributed by atoms with Gasteiger partial charge in [-0.2, -0.15) is 5.26 Å². The Hall–Kier alpha value is -1.67. The van der Waals surface area contributed by atoms with E-state index in [1.165, 1.54) is 0 Å². The van der Waals surface area contributed by atoms with E-state index in [1.807, 2.05) is 13.0 Å². The van der Waals surface area contributed by atoms with Gasteiger partial charge in [-0.3, -0.25) is 0 Å². The Labute approximate surface area is 101 Å². The van der Waals surface area contributed by atoms with Gasteiger partial charge in [0.1, 0.15) is 6.07 Å². The van der Waals surface area contributed by atoms with Crippen molar-refractivity contribution < 1.29 is 4.74 Å². The van der Waals surface area contributed by atoms with Gasteiger partial charge in [-0.1, -0.05) is 0 Å². The summed E-state index contributed by atoms with van der Waals surface area (Å²) in [6.07, 6.45) is 0.381. The fourth-order valence-electron chi connectivity index (χ4n) is 2.20. The minimum atomic E-state index is 0.190. The largest absolute Gasteiger partial charge is 0.372 e. The molecule has 17 heavy (non-hydrogen) atoms. The first-order valence-corrected chi connectivity index (χ1v) is 5.75. The van der Waals surface area contributed by atoms with Gasteiger partial charge in [0.25, 0.3) is 0 Å². The fraction of sp³-hybridized carbons (Fsp3) is 0.583. The summed E-state index contributed by atoms with van der Waals surface area (Å²) in [6.45, 7) is 7.68. The van der Waals surface area contributed by atoms with Crippen molar-refractivity contribution in [1.82, 2.24) is 10.2 Å². The molecular weight excluding hydrogens is 216 g/mol. The third-order valence-corrected chi connectivity index (χ3v) is 2.79. The lowest BCUT2D eigenvalue weighted by Gasteiger charge is -2.36. The molecule has 2 heterocycles. The van der Waals surface area contributed by atoms with Crippen molar-refractivity contribution in [3.8, 4) is 6.07 Å². The molecular formula is C12H16N4O. The van der Waals surface area contributed by atoms with Gasteiger partial charge in [0.2, 0.25) is 0 Å². The minimum absolute atomic E-state index is 0.190. The molecule has 0 radical (unpaired) electrons. The number of rotatable bonds is 1. The molecule has 5 heteroatoms. The molecule has 0 amide bonds. The zero-order valence-electron chi connectivity index (χ0n) is 10.3. The summed E-state index contributed by atoms with van der Waals surface area (Å²) in [5.74, 6) is 0.853.